The van der Waals surface area contributed by atoms with Gasteiger partial charge in [-0.05, 0) is 54.4 Å². The number of furan rings is 1. The number of hydrogen-bond donors (Lipinski definition) is 0. The fourth-order valence-corrected chi connectivity index (χ4v) is 2.99. The van der Waals surface area contributed by atoms with Crippen molar-refractivity contribution in [3.63, 3.8) is 0 Å². The molecule has 0 radical (unpaired) electrons. The molecular weight excluding hydrogens is 336 g/mol. The molecule has 25 heavy (non-hydrogen) atoms. The smallest absolute Gasteiger partial charge is 0.185 e. The Hall–Kier alpha value is -2.85. The van der Waals surface area contributed by atoms with Crippen LogP contribution in [-0.2, 0) is 13.0 Å². The third kappa shape index (κ3) is 3.21. The number of benzene rings is 2. The number of halogens is 1. The van der Waals surface area contributed by atoms with E-state index >= 15 is 0 Å². The SMILES string of the molecule is O=Cc1ccc(-c2ccc3c(c2)ncn3CCc2ccc(Cl)cc2)o1. The Balaban J connectivity index is 1.57. The first-order valence-electron chi connectivity index (χ1n) is 7.98. The van der Waals surface area contributed by atoms with Gasteiger partial charge in [-0.2, -0.15) is 0 Å². The summed E-state index contributed by atoms with van der Waals surface area (Å²) in [5, 5.41) is 0.750. The van der Waals surface area contributed by atoms with E-state index in [1.165, 1.54) is 5.56 Å². The fourth-order valence-electron chi connectivity index (χ4n) is 2.87. The molecule has 0 bridgehead atoms. The number of hydrogen-bond acceptors (Lipinski definition) is 3. The van der Waals surface area contributed by atoms with Crippen LogP contribution >= 0.6 is 11.6 Å². The van der Waals surface area contributed by atoms with Crippen LogP contribution in [-0.4, -0.2) is 15.8 Å². The van der Waals surface area contributed by atoms with Gasteiger partial charge >= 0.3 is 0 Å². The fraction of sp³-hybridized carbons (Fsp3) is 0.100. The molecule has 124 valence electrons. The van der Waals surface area contributed by atoms with E-state index in [-0.39, 0.29) is 0 Å². The van der Waals surface area contributed by atoms with E-state index in [0.29, 0.717) is 17.8 Å². The molecule has 0 saturated carbocycles. The van der Waals surface area contributed by atoms with Gasteiger partial charge in [0, 0.05) is 17.1 Å². The second-order valence-electron chi connectivity index (χ2n) is 5.84. The molecule has 0 aliphatic rings. The summed E-state index contributed by atoms with van der Waals surface area (Å²) in [6, 6.07) is 17.3. The number of fused-ring (bicyclic) bond motifs is 1. The topological polar surface area (TPSA) is 48.0 Å². The van der Waals surface area contributed by atoms with Gasteiger partial charge in [-0.25, -0.2) is 4.98 Å². The number of aldehydes is 1. The summed E-state index contributed by atoms with van der Waals surface area (Å²) in [7, 11) is 0. The Morgan fingerprint density at radius 3 is 2.68 bits per heavy atom. The van der Waals surface area contributed by atoms with Crippen LogP contribution in [0, 0.1) is 0 Å². The number of nitrogens with zero attached hydrogens (tertiary/aromatic N) is 2. The van der Waals surface area contributed by atoms with Crippen LogP contribution in [0.1, 0.15) is 16.1 Å². The number of carbonyl (C=O) groups is 1. The number of aromatic nitrogens is 2. The van der Waals surface area contributed by atoms with E-state index in [0.717, 1.165) is 34.6 Å². The minimum absolute atomic E-state index is 0.323. The molecule has 0 amide bonds. The molecule has 0 unspecified atom stereocenters. The summed E-state index contributed by atoms with van der Waals surface area (Å²) in [5.74, 6) is 0.989. The first kappa shape index (κ1) is 15.7. The molecule has 5 heteroatoms. The van der Waals surface area contributed by atoms with E-state index in [1.54, 1.807) is 12.1 Å². The second-order valence-corrected chi connectivity index (χ2v) is 6.27. The van der Waals surface area contributed by atoms with E-state index in [1.807, 2.05) is 48.8 Å². The van der Waals surface area contributed by atoms with E-state index < -0.39 is 0 Å². The van der Waals surface area contributed by atoms with Gasteiger partial charge in [0.2, 0.25) is 0 Å². The van der Waals surface area contributed by atoms with Crippen molar-refractivity contribution < 1.29 is 9.21 Å². The first-order valence-corrected chi connectivity index (χ1v) is 8.35. The Morgan fingerprint density at radius 1 is 1.08 bits per heavy atom. The van der Waals surface area contributed by atoms with Crippen LogP contribution in [0.4, 0.5) is 0 Å². The third-order valence-corrected chi connectivity index (χ3v) is 4.46. The predicted octanol–water partition coefficient (Wildman–Crippen LogP) is 5.00. The van der Waals surface area contributed by atoms with Gasteiger partial charge in [0.15, 0.2) is 12.0 Å². The number of aryl methyl sites for hydroxylation is 2. The lowest BCUT2D eigenvalue weighted by molar-refractivity contribution is 0.110. The summed E-state index contributed by atoms with van der Waals surface area (Å²) in [6.07, 6.45) is 3.46. The van der Waals surface area contributed by atoms with Crippen molar-refractivity contribution in [2.75, 3.05) is 0 Å². The zero-order valence-corrected chi connectivity index (χ0v) is 14.1. The Kier molecular flexibility index (Phi) is 4.12. The van der Waals surface area contributed by atoms with Gasteiger partial charge in [-0.1, -0.05) is 23.7 Å². The molecule has 0 saturated heterocycles. The quantitative estimate of drug-likeness (QED) is 0.475. The second kappa shape index (κ2) is 6.57. The first-order chi connectivity index (χ1) is 12.2. The lowest BCUT2D eigenvalue weighted by atomic mass is 10.1. The largest absolute Gasteiger partial charge is 0.453 e. The zero-order valence-electron chi connectivity index (χ0n) is 13.4. The summed E-state index contributed by atoms with van der Waals surface area (Å²) in [6.45, 7) is 0.841. The van der Waals surface area contributed by atoms with Crippen molar-refractivity contribution in [1.29, 1.82) is 0 Å². The molecule has 4 rings (SSSR count). The predicted molar refractivity (Wildman–Crippen MR) is 98.0 cm³/mol. The zero-order chi connectivity index (χ0) is 17.2. The van der Waals surface area contributed by atoms with Crippen LogP contribution in [0.2, 0.25) is 5.02 Å². The van der Waals surface area contributed by atoms with Gasteiger partial charge in [0.25, 0.3) is 0 Å². The summed E-state index contributed by atoms with van der Waals surface area (Å²) in [4.78, 5) is 15.2. The van der Waals surface area contributed by atoms with Crippen molar-refractivity contribution in [3.8, 4) is 11.3 Å². The number of imidazole rings is 1. The van der Waals surface area contributed by atoms with Crippen molar-refractivity contribution in [2.45, 2.75) is 13.0 Å². The summed E-state index contributed by atoms with van der Waals surface area (Å²) < 4.78 is 7.61. The monoisotopic (exact) mass is 350 g/mol. The Labute approximate surface area is 149 Å². The Bertz CT molecular complexity index is 1030. The molecule has 0 N–H and O–H groups in total. The maximum Gasteiger partial charge on any atom is 0.185 e. The highest BCUT2D eigenvalue weighted by molar-refractivity contribution is 6.30. The van der Waals surface area contributed by atoms with Crippen LogP contribution in [0.5, 0.6) is 0 Å². The standard InChI is InChI=1S/C20H15ClN2O2/c21-16-4-1-14(2-5-16)9-10-23-13-22-18-11-15(3-7-19(18)23)20-8-6-17(12-24)25-20/h1-8,11-13H,9-10H2. The molecular formula is C20H15ClN2O2. The molecule has 0 aliphatic carbocycles. The molecule has 2 heterocycles. The van der Waals surface area contributed by atoms with Gasteiger partial charge in [0.05, 0.1) is 17.4 Å². The van der Waals surface area contributed by atoms with Crippen LogP contribution in [0.3, 0.4) is 0 Å². The van der Waals surface area contributed by atoms with Crippen LogP contribution in [0.15, 0.2) is 65.3 Å². The van der Waals surface area contributed by atoms with E-state index in [4.69, 9.17) is 16.0 Å². The maximum absolute atomic E-state index is 10.8. The Morgan fingerprint density at radius 2 is 1.92 bits per heavy atom. The lowest BCUT2D eigenvalue weighted by Gasteiger charge is -2.05. The minimum Gasteiger partial charge on any atom is -0.453 e. The maximum atomic E-state index is 10.8. The number of carbonyl (C=O) groups excluding carboxylic acids is 1. The molecule has 0 atom stereocenters. The minimum atomic E-state index is 0.323. The van der Waals surface area contributed by atoms with Gasteiger partial charge < -0.3 is 8.98 Å². The van der Waals surface area contributed by atoms with Gasteiger partial charge in [0.1, 0.15) is 5.76 Å². The van der Waals surface area contributed by atoms with Gasteiger partial charge in [-0.15, -0.1) is 0 Å². The average Bonchev–Trinajstić information content (AvgIpc) is 3.27. The van der Waals surface area contributed by atoms with Crippen molar-refractivity contribution in [1.82, 2.24) is 9.55 Å². The van der Waals surface area contributed by atoms with E-state index in [9.17, 15) is 4.79 Å². The molecule has 0 fully saturated rings. The lowest BCUT2D eigenvalue weighted by Crippen LogP contribution is -1.99. The summed E-state index contributed by atoms with van der Waals surface area (Å²) in [5.41, 5.74) is 4.11. The highest BCUT2D eigenvalue weighted by Crippen LogP contribution is 2.25. The van der Waals surface area contributed by atoms with E-state index in [2.05, 4.69) is 9.55 Å². The van der Waals surface area contributed by atoms with Crippen molar-refractivity contribution in [3.05, 3.63) is 77.3 Å². The van der Waals surface area contributed by atoms with Crippen LogP contribution in [0.25, 0.3) is 22.4 Å². The normalized spacial score (nSPS) is 11.1. The number of rotatable bonds is 5. The molecule has 0 aliphatic heterocycles. The molecule has 2 aromatic carbocycles. The molecule has 2 aromatic heterocycles. The molecule has 4 nitrogen and oxygen atoms in total. The van der Waals surface area contributed by atoms with Crippen LogP contribution < -0.4 is 0 Å². The van der Waals surface area contributed by atoms with Gasteiger partial charge in [-0.3, -0.25) is 4.79 Å². The molecule has 0 spiro atoms. The average molecular weight is 351 g/mol. The highest BCUT2D eigenvalue weighted by atomic mass is 35.5. The van der Waals surface area contributed by atoms with Crippen molar-refractivity contribution >= 4 is 28.9 Å². The highest BCUT2D eigenvalue weighted by Gasteiger charge is 2.08. The summed E-state index contributed by atoms with van der Waals surface area (Å²) >= 11 is 5.92. The third-order valence-electron chi connectivity index (χ3n) is 4.20. The van der Waals surface area contributed by atoms with Crippen molar-refractivity contribution in [2.24, 2.45) is 0 Å². The molecule has 4 aromatic rings.